The van der Waals surface area contributed by atoms with Crippen LogP contribution >= 0.6 is 23.5 Å². The minimum Gasteiger partial charge on any atom is -0.309 e. The van der Waals surface area contributed by atoms with Gasteiger partial charge < -0.3 is 5.32 Å². The molecule has 2 rings (SSSR count). The Balaban J connectivity index is 2.13. The summed E-state index contributed by atoms with van der Waals surface area (Å²) in [4.78, 5) is 4.46. The lowest BCUT2D eigenvalue weighted by molar-refractivity contribution is 0.546. The fraction of sp³-hybridized carbons (Fsp3) is 0.667. The molecular formula is C15H24N2S2. The zero-order chi connectivity index (χ0) is 13.8. The van der Waals surface area contributed by atoms with E-state index in [1.165, 1.54) is 11.3 Å². The lowest BCUT2D eigenvalue weighted by Gasteiger charge is -2.36. The van der Waals surface area contributed by atoms with Gasteiger partial charge in [-0.25, -0.2) is 0 Å². The summed E-state index contributed by atoms with van der Waals surface area (Å²) in [6.45, 7) is 9.92. The Kier molecular flexibility index (Phi) is 5.60. The molecule has 19 heavy (non-hydrogen) atoms. The van der Waals surface area contributed by atoms with E-state index in [9.17, 15) is 0 Å². The van der Waals surface area contributed by atoms with Crippen LogP contribution in [-0.2, 0) is 0 Å². The fourth-order valence-electron chi connectivity index (χ4n) is 2.33. The molecule has 0 bridgehead atoms. The third-order valence-electron chi connectivity index (χ3n) is 3.66. The van der Waals surface area contributed by atoms with Gasteiger partial charge in [-0.05, 0) is 25.1 Å². The molecule has 4 heteroatoms. The summed E-state index contributed by atoms with van der Waals surface area (Å²) in [5, 5.41) is 5.78. The molecule has 1 aromatic rings. The van der Waals surface area contributed by atoms with E-state index in [-0.39, 0.29) is 0 Å². The first kappa shape index (κ1) is 15.2. The van der Waals surface area contributed by atoms with Crippen molar-refractivity contribution in [2.24, 2.45) is 0 Å². The first-order valence-electron chi connectivity index (χ1n) is 7.04. The fourth-order valence-corrected chi connectivity index (χ4v) is 5.45. The molecule has 1 aliphatic heterocycles. The average molecular weight is 297 g/mol. The van der Waals surface area contributed by atoms with Crippen molar-refractivity contribution in [2.75, 3.05) is 12.3 Å². The molecule has 0 saturated carbocycles. The lowest BCUT2D eigenvalue weighted by atomic mass is 10.1. The Morgan fingerprint density at radius 2 is 2.16 bits per heavy atom. The number of rotatable bonds is 4. The highest BCUT2D eigenvalue weighted by molar-refractivity contribution is 8.07. The van der Waals surface area contributed by atoms with Crippen LogP contribution in [0, 0.1) is 6.92 Å². The van der Waals surface area contributed by atoms with Crippen molar-refractivity contribution in [2.45, 2.75) is 49.5 Å². The largest absolute Gasteiger partial charge is 0.309 e. The van der Waals surface area contributed by atoms with Gasteiger partial charge >= 0.3 is 0 Å². The van der Waals surface area contributed by atoms with Crippen molar-refractivity contribution >= 4 is 23.5 Å². The standard InChI is InChI=1S/C15H24N2S2/c1-5-16-15(13-7-6-10(2)17-8-13)14-9-18-11(3)12(4)19-14/h6-8,11-12,14-16H,5,9H2,1-4H3. The summed E-state index contributed by atoms with van der Waals surface area (Å²) < 4.78 is 0. The van der Waals surface area contributed by atoms with Crippen molar-refractivity contribution in [3.05, 3.63) is 29.6 Å². The van der Waals surface area contributed by atoms with Gasteiger partial charge in [-0.3, -0.25) is 4.98 Å². The molecule has 0 amide bonds. The SMILES string of the molecule is CCNC(c1ccc(C)nc1)C1CSC(C)C(C)S1. The van der Waals surface area contributed by atoms with Crippen molar-refractivity contribution in [1.29, 1.82) is 0 Å². The summed E-state index contributed by atoms with van der Waals surface area (Å²) >= 11 is 4.24. The Labute approximate surface area is 125 Å². The molecule has 106 valence electrons. The molecule has 1 aromatic heterocycles. The monoisotopic (exact) mass is 296 g/mol. The van der Waals surface area contributed by atoms with Gasteiger partial charge in [-0.2, -0.15) is 23.5 Å². The number of thioether (sulfide) groups is 2. The highest BCUT2D eigenvalue weighted by atomic mass is 32.2. The lowest BCUT2D eigenvalue weighted by Crippen LogP contribution is -2.37. The number of hydrogen-bond donors (Lipinski definition) is 1. The zero-order valence-corrected chi connectivity index (χ0v) is 13.9. The van der Waals surface area contributed by atoms with Crippen LogP contribution in [0.1, 0.15) is 38.1 Å². The second kappa shape index (κ2) is 7.00. The van der Waals surface area contributed by atoms with E-state index in [4.69, 9.17) is 0 Å². The van der Waals surface area contributed by atoms with Crippen molar-refractivity contribution in [3.8, 4) is 0 Å². The summed E-state index contributed by atoms with van der Waals surface area (Å²) in [5.41, 5.74) is 2.42. The van der Waals surface area contributed by atoms with Crippen LogP contribution in [0.5, 0.6) is 0 Å². The molecule has 0 radical (unpaired) electrons. The van der Waals surface area contributed by atoms with Crippen LogP contribution in [0.15, 0.2) is 18.3 Å². The normalized spacial score (nSPS) is 29.2. The number of hydrogen-bond acceptors (Lipinski definition) is 4. The molecule has 0 aromatic carbocycles. The number of aromatic nitrogens is 1. The van der Waals surface area contributed by atoms with E-state index >= 15 is 0 Å². The second-order valence-corrected chi connectivity index (χ2v) is 8.22. The van der Waals surface area contributed by atoms with Crippen LogP contribution in [-0.4, -0.2) is 33.0 Å². The van der Waals surface area contributed by atoms with E-state index < -0.39 is 0 Å². The number of aryl methyl sites for hydroxylation is 1. The van der Waals surface area contributed by atoms with Gasteiger partial charge in [-0.1, -0.05) is 26.8 Å². The maximum absolute atomic E-state index is 4.46. The average Bonchev–Trinajstić information content (AvgIpc) is 2.41. The molecule has 0 spiro atoms. The first-order chi connectivity index (χ1) is 9.11. The Hall–Kier alpha value is -0.190. The quantitative estimate of drug-likeness (QED) is 0.916. The number of nitrogens with zero attached hydrogens (tertiary/aromatic N) is 1. The molecule has 1 aliphatic rings. The van der Waals surface area contributed by atoms with Crippen molar-refractivity contribution < 1.29 is 0 Å². The van der Waals surface area contributed by atoms with Crippen LogP contribution in [0.25, 0.3) is 0 Å². The van der Waals surface area contributed by atoms with E-state index in [0.29, 0.717) is 11.3 Å². The molecule has 1 N–H and O–H groups in total. The van der Waals surface area contributed by atoms with Crippen LogP contribution < -0.4 is 5.32 Å². The number of pyridine rings is 1. The van der Waals surface area contributed by atoms with Gasteiger partial charge in [0.2, 0.25) is 0 Å². The smallest absolute Gasteiger partial charge is 0.0464 e. The van der Waals surface area contributed by atoms with Gasteiger partial charge in [0, 0.05) is 39.4 Å². The van der Waals surface area contributed by atoms with Crippen molar-refractivity contribution in [1.82, 2.24) is 10.3 Å². The molecule has 4 atom stereocenters. The summed E-state index contributed by atoms with van der Waals surface area (Å²) in [7, 11) is 0. The van der Waals surface area contributed by atoms with Crippen LogP contribution in [0.3, 0.4) is 0 Å². The predicted molar refractivity (Wildman–Crippen MR) is 88.2 cm³/mol. The van der Waals surface area contributed by atoms with Gasteiger partial charge in [0.1, 0.15) is 0 Å². The van der Waals surface area contributed by atoms with E-state index in [2.05, 4.69) is 66.7 Å². The van der Waals surface area contributed by atoms with Crippen LogP contribution in [0.4, 0.5) is 0 Å². The molecule has 1 saturated heterocycles. The maximum atomic E-state index is 4.46. The third-order valence-corrected chi connectivity index (χ3v) is 7.16. The Bertz CT molecular complexity index is 394. The van der Waals surface area contributed by atoms with Crippen LogP contribution in [0.2, 0.25) is 0 Å². The predicted octanol–water partition coefficient (Wildman–Crippen LogP) is 3.67. The zero-order valence-electron chi connectivity index (χ0n) is 12.2. The third kappa shape index (κ3) is 3.89. The summed E-state index contributed by atoms with van der Waals surface area (Å²) in [5.74, 6) is 1.22. The number of nitrogens with one attached hydrogen (secondary N) is 1. The maximum Gasteiger partial charge on any atom is 0.0464 e. The molecule has 1 fully saturated rings. The van der Waals surface area contributed by atoms with Gasteiger partial charge in [0.25, 0.3) is 0 Å². The molecule has 4 unspecified atom stereocenters. The van der Waals surface area contributed by atoms with Crippen molar-refractivity contribution in [3.63, 3.8) is 0 Å². The summed E-state index contributed by atoms with van der Waals surface area (Å²) in [6.07, 6.45) is 2.04. The van der Waals surface area contributed by atoms with Gasteiger partial charge in [0.15, 0.2) is 0 Å². The minimum atomic E-state index is 0.422. The molecule has 2 heterocycles. The second-order valence-electron chi connectivity index (χ2n) is 5.19. The minimum absolute atomic E-state index is 0.422. The van der Waals surface area contributed by atoms with E-state index in [1.54, 1.807) is 0 Å². The highest BCUT2D eigenvalue weighted by Crippen LogP contribution is 2.40. The molecular weight excluding hydrogens is 272 g/mol. The first-order valence-corrected chi connectivity index (χ1v) is 9.04. The van der Waals surface area contributed by atoms with E-state index in [0.717, 1.165) is 22.7 Å². The molecule has 2 nitrogen and oxygen atoms in total. The summed E-state index contributed by atoms with van der Waals surface area (Å²) in [6, 6.07) is 4.77. The Morgan fingerprint density at radius 3 is 2.74 bits per heavy atom. The Morgan fingerprint density at radius 1 is 1.37 bits per heavy atom. The van der Waals surface area contributed by atoms with Gasteiger partial charge in [0.05, 0.1) is 0 Å². The van der Waals surface area contributed by atoms with E-state index in [1.807, 2.05) is 13.1 Å². The molecule has 0 aliphatic carbocycles. The topological polar surface area (TPSA) is 24.9 Å². The van der Waals surface area contributed by atoms with Gasteiger partial charge in [-0.15, -0.1) is 0 Å². The highest BCUT2D eigenvalue weighted by Gasteiger charge is 2.31.